The Kier molecular flexibility index (Phi) is 5.97. The SMILES string of the molecule is Cc1cc(C=C(C#N)C(=O)Nc2ccc(O)cc2)c(C)n1-c1ccc(Cl)c(Cl)c1. The summed E-state index contributed by atoms with van der Waals surface area (Å²) in [6.07, 6.45) is 1.55. The number of benzene rings is 2. The van der Waals surface area contributed by atoms with E-state index in [1.165, 1.54) is 12.1 Å². The van der Waals surface area contributed by atoms with Crippen LogP contribution in [0, 0.1) is 25.2 Å². The number of halogens is 2. The number of aryl methyl sites for hydroxylation is 1. The smallest absolute Gasteiger partial charge is 0.266 e. The summed E-state index contributed by atoms with van der Waals surface area (Å²) in [4.78, 5) is 12.5. The Morgan fingerprint density at radius 3 is 2.41 bits per heavy atom. The molecule has 2 N–H and O–H groups in total. The van der Waals surface area contributed by atoms with E-state index in [1.54, 1.807) is 30.3 Å². The van der Waals surface area contributed by atoms with Crippen molar-refractivity contribution >= 4 is 40.9 Å². The lowest BCUT2D eigenvalue weighted by molar-refractivity contribution is -0.112. The number of amides is 1. The molecule has 0 spiro atoms. The van der Waals surface area contributed by atoms with Crippen LogP contribution < -0.4 is 5.32 Å². The lowest BCUT2D eigenvalue weighted by Gasteiger charge is -2.10. The lowest BCUT2D eigenvalue weighted by Crippen LogP contribution is -2.13. The average molecular weight is 426 g/mol. The molecule has 3 rings (SSSR count). The fourth-order valence-corrected chi connectivity index (χ4v) is 3.29. The highest BCUT2D eigenvalue weighted by Crippen LogP contribution is 2.28. The van der Waals surface area contributed by atoms with Crippen LogP contribution in [0.1, 0.15) is 17.0 Å². The minimum absolute atomic E-state index is 0.0348. The van der Waals surface area contributed by atoms with E-state index in [-0.39, 0.29) is 11.3 Å². The van der Waals surface area contributed by atoms with E-state index in [0.717, 1.165) is 22.6 Å². The van der Waals surface area contributed by atoms with Gasteiger partial charge in [-0.05, 0) is 74.0 Å². The van der Waals surface area contributed by atoms with E-state index < -0.39 is 5.91 Å². The molecule has 3 aromatic rings. The number of carbonyl (C=O) groups excluding carboxylic acids is 1. The number of aromatic hydroxyl groups is 1. The van der Waals surface area contributed by atoms with Gasteiger partial charge >= 0.3 is 0 Å². The molecule has 0 saturated carbocycles. The number of phenols is 1. The summed E-state index contributed by atoms with van der Waals surface area (Å²) in [5.74, 6) is -0.439. The topological polar surface area (TPSA) is 78.1 Å². The Hall–Kier alpha value is -3.20. The number of nitrogens with zero attached hydrogens (tertiary/aromatic N) is 2. The summed E-state index contributed by atoms with van der Waals surface area (Å²) in [7, 11) is 0. The molecular formula is C22H17Cl2N3O2. The Balaban J connectivity index is 1.94. The first kappa shape index (κ1) is 20.5. The van der Waals surface area contributed by atoms with Crippen LogP contribution in [-0.2, 0) is 4.79 Å². The lowest BCUT2D eigenvalue weighted by atomic mass is 10.1. The second-order valence-corrected chi connectivity index (χ2v) is 7.25. The van der Waals surface area contributed by atoms with Crippen LogP contribution in [0.4, 0.5) is 5.69 Å². The van der Waals surface area contributed by atoms with Gasteiger partial charge in [0.15, 0.2) is 0 Å². The second kappa shape index (κ2) is 8.44. The molecule has 1 amide bonds. The predicted molar refractivity (Wildman–Crippen MR) is 116 cm³/mol. The first-order valence-electron chi connectivity index (χ1n) is 8.66. The molecule has 2 aromatic carbocycles. The van der Waals surface area contributed by atoms with E-state index >= 15 is 0 Å². The Labute approximate surface area is 178 Å². The third-order valence-electron chi connectivity index (χ3n) is 4.42. The molecule has 0 saturated heterocycles. The Bertz CT molecular complexity index is 1160. The van der Waals surface area contributed by atoms with E-state index in [1.807, 2.05) is 36.6 Å². The molecule has 0 aliphatic heterocycles. The molecule has 5 nitrogen and oxygen atoms in total. The third-order valence-corrected chi connectivity index (χ3v) is 5.16. The van der Waals surface area contributed by atoms with Crippen LogP contribution in [0.15, 0.2) is 54.1 Å². The zero-order chi connectivity index (χ0) is 21.1. The maximum atomic E-state index is 12.5. The molecule has 1 aromatic heterocycles. The van der Waals surface area contributed by atoms with Crippen molar-refractivity contribution in [2.24, 2.45) is 0 Å². The van der Waals surface area contributed by atoms with Gasteiger partial charge in [-0.25, -0.2) is 0 Å². The number of hydrogen-bond acceptors (Lipinski definition) is 3. The number of nitriles is 1. The largest absolute Gasteiger partial charge is 0.508 e. The number of hydrogen-bond donors (Lipinski definition) is 2. The predicted octanol–water partition coefficient (Wildman–Crippen LogP) is 5.65. The van der Waals surface area contributed by atoms with Crippen molar-refractivity contribution in [2.75, 3.05) is 5.32 Å². The van der Waals surface area contributed by atoms with Crippen molar-refractivity contribution < 1.29 is 9.90 Å². The average Bonchev–Trinajstić information content (AvgIpc) is 2.97. The number of anilines is 1. The van der Waals surface area contributed by atoms with E-state index in [0.29, 0.717) is 15.7 Å². The molecule has 146 valence electrons. The molecule has 0 bridgehead atoms. The van der Waals surface area contributed by atoms with Crippen molar-refractivity contribution in [3.8, 4) is 17.5 Å². The molecule has 29 heavy (non-hydrogen) atoms. The summed E-state index contributed by atoms with van der Waals surface area (Å²) in [5, 5.41) is 22.4. The maximum absolute atomic E-state index is 12.5. The molecule has 0 radical (unpaired) electrons. The molecule has 0 unspecified atom stereocenters. The van der Waals surface area contributed by atoms with Crippen LogP contribution in [0.2, 0.25) is 10.0 Å². The Morgan fingerprint density at radius 1 is 1.10 bits per heavy atom. The van der Waals surface area contributed by atoms with Gasteiger partial charge in [-0.3, -0.25) is 4.79 Å². The van der Waals surface area contributed by atoms with Gasteiger partial charge in [0, 0.05) is 22.8 Å². The number of aromatic nitrogens is 1. The van der Waals surface area contributed by atoms with Crippen LogP contribution in [-0.4, -0.2) is 15.6 Å². The zero-order valence-corrected chi connectivity index (χ0v) is 17.2. The van der Waals surface area contributed by atoms with E-state index in [9.17, 15) is 15.2 Å². The Morgan fingerprint density at radius 2 is 1.79 bits per heavy atom. The molecule has 1 heterocycles. The van der Waals surface area contributed by atoms with Gasteiger partial charge in [0.1, 0.15) is 17.4 Å². The molecule has 7 heteroatoms. The highest BCUT2D eigenvalue weighted by Gasteiger charge is 2.14. The van der Waals surface area contributed by atoms with Gasteiger partial charge in [0.05, 0.1) is 10.0 Å². The fourth-order valence-electron chi connectivity index (χ4n) is 3.00. The summed E-state index contributed by atoms with van der Waals surface area (Å²) in [6.45, 7) is 3.82. The molecule has 0 fully saturated rings. The van der Waals surface area contributed by atoms with Crippen LogP contribution in [0.5, 0.6) is 5.75 Å². The summed E-state index contributed by atoms with van der Waals surface area (Å²) in [6, 6.07) is 15.2. The number of phenolic OH excluding ortho intramolecular Hbond substituents is 1. The molecule has 0 atom stereocenters. The second-order valence-electron chi connectivity index (χ2n) is 6.43. The van der Waals surface area contributed by atoms with Gasteiger partial charge in [-0.15, -0.1) is 0 Å². The standard InChI is InChI=1S/C22H17Cl2N3O2/c1-13-9-15(14(2)27(13)18-5-8-20(23)21(24)11-18)10-16(12-25)22(29)26-17-3-6-19(28)7-4-17/h3-11,28H,1-2H3,(H,26,29). The number of rotatable bonds is 4. The summed E-state index contributed by atoms with van der Waals surface area (Å²) in [5.41, 5.74) is 3.80. The fraction of sp³-hybridized carbons (Fsp3) is 0.0909. The van der Waals surface area contributed by atoms with Gasteiger partial charge in [0.25, 0.3) is 5.91 Å². The number of carbonyl (C=O) groups is 1. The van der Waals surface area contributed by atoms with Crippen molar-refractivity contribution in [1.82, 2.24) is 4.57 Å². The number of nitrogens with one attached hydrogen (secondary N) is 1. The monoisotopic (exact) mass is 425 g/mol. The zero-order valence-electron chi connectivity index (χ0n) is 15.7. The van der Waals surface area contributed by atoms with E-state index in [4.69, 9.17) is 23.2 Å². The first-order valence-corrected chi connectivity index (χ1v) is 9.42. The minimum Gasteiger partial charge on any atom is -0.508 e. The van der Waals surface area contributed by atoms with Crippen molar-refractivity contribution in [2.45, 2.75) is 13.8 Å². The summed E-state index contributed by atoms with van der Waals surface area (Å²) >= 11 is 12.1. The quantitative estimate of drug-likeness (QED) is 0.321. The van der Waals surface area contributed by atoms with Crippen molar-refractivity contribution in [3.05, 3.63) is 81.1 Å². The maximum Gasteiger partial charge on any atom is 0.266 e. The summed E-state index contributed by atoms with van der Waals surface area (Å²) < 4.78 is 1.97. The van der Waals surface area contributed by atoms with Gasteiger partial charge in [0.2, 0.25) is 0 Å². The highest BCUT2D eigenvalue weighted by atomic mass is 35.5. The molecule has 0 aliphatic rings. The van der Waals surface area contributed by atoms with Crippen LogP contribution in [0.3, 0.4) is 0 Å². The minimum atomic E-state index is -0.530. The van der Waals surface area contributed by atoms with Crippen LogP contribution >= 0.6 is 23.2 Å². The van der Waals surface area contributed by atoms with Gasteiger partial charge in [-0.2, -0.15) is 5.26 Å². The van der Waals surface area contributed by atoms with Gasteiger partial charge < -0.3 is 15.0 Å². The highest BCUT2D eigenvalue weighted by molar-refractivity contribution is 6.42. The van der Waals surface area contributed by atoms with Crippen LogP contribution in [0.25, 0.3) is 11.8 Å². The van der Waals surface area contributed by atoms with E-state index in [2.05, 4.69) is 5.32 Å². The third kappa shape index (κ3) is 4.45. The van der Waals surface area contributed by atoms with Crippen molar-refractivity contribution in [3.63, 3.8) is 0 Å². The van der Waals surface area contributed by atoms with Crippen molar-refractivity contribution in [1.29, 1.82) is 5.26 Å². The molecule has 0 aliphatic carbocycles. The van der Waals surface area contributed by atoms with Gasteiger partial charge in [-0.1, -0.05) is 23.2 Å². The normalized spacial score (nSPS) is 11.2. The first-order chi connectivity index (χ1) is 13.8. The molecular weight excluding hydrogens is 409 g/mol.